The van der Waals surface area contributed by atoms with E-state index in [2.05, 4.69) is 20.7 Å². The van der Waals surface area contributed by atoms with Gasteiger partial charge in [0.1, 0.15) is 0 Å². The second-order valence-corrected chi connectivity index (χ2v) is 7.68. The van der Waals surface area contributed by atoms with Gasteiger partial charge in [0.25, 0.3) is 10.0 Å². The first kappa shape index (κ1) is 14.8. The number of hydrogen-bond acceptors (Lipinski definition) is 4. The maximum atomic E-state index is 12.2. The monoisotopic (exact) mass is 380 g/mol. The summed E-state index contributed by atoms with van der Waals surface area (Å²) < 4.78 is 27.5. The van der Waals surface area contributed by atoms with Crippen molar-refractivity contribution >= 4 is 54.6 Å². The fourth-order valence-corrected chi connectivity index (χ4v) is 4.40. The van der Waals surface area contributed by atoms with Crippen LogP contribution >= 0.6 is 38.9 Å². The van der Waals surface area contributed by atoms with Crippen molar-refractivity contribution in [2.75, 3.05) is 4.72 Å². The molecule has 1 aromatic carbocycles. The van der Waals surface area contributed by atoms with Gasteiger partial charge in [0.2, 0.25) is 0 Å². The van der Waals surface area contributed by atoms with E-state index in [1.165, 1.54) is 11.3 Å². The topological polar surface area (TPSA) is 72.2 Å². The average Bonchev–Trinajstić information content (AvgIpc) is 2.82. The normalized spacial score (nSPS) is 11.5. The number of anilines is 1. The Bertz CT molecular complexity index is 700. The summed E-state index contributed by atoms with van der Waals surface area (Å²) in [4.78, 5) is 0.999. The molecule has 0 saturated carbocycles. The first-order valence-electron chi connectivity index (χ1n) is 5.18. The molecule has 0 radical (unpaired) electrons. The van der Waals surface area contributed by atoms with Gasteiger partial charge >= 0.3 is 0 Å². The van der Waals surface area contributed by atoms with Crippen molar-refractivity contribution in [2.24, 2.45) is 5.73 Å². The molecule has 4 nitrogen and oxygen atoms in total. The molecule has 0 saturated heterocycles. The molecule has 0 atom stereocenters. The molecule has 3 N–H and O–H groups in total. The van der Waals surface area contributed by atoms with E-state index in [1.54, 1.807) is 29.6 Å². The summed E-state index contributed by atoms with van der Waals surface area (Å²) in [6, 6.07) is 6.49. The summed E-state index contributed by atoms with van der Waals surface area (Å²) in [7, 11) is -3.63. The molecular formula is C11H10BrClN2O2S2. The first-order chi connectivity index (χ1) is 8.92. The van der Waals surface area contributed by atoms with Crippen LogP contribution in [0.2, 0.25) is 5.02 Å². The van der Waals surface area contributed by atoms with E-state index in [0.29, 0.717) is 17.3 Å². The van der Waals surface area contributed by atoms with E-state index >= 15 is 0 Å². The highest BCUT2D eigenvalue weighted by Crippen LogP contribution is 2.28. The minimum atomic E-state index is -3.63. The van der Waals surface area contributed by atoms with Crippen LogP contribution in [0.25, 0.3) is 0 Å². The van der Waals surface area contributed by atoms with Crippen LogP contribution in [0.5, 0.6) is 0 Å². The quantitative estimate of drug-likeness (QED) is 0.852. The zero-order valence-electron chi connectivity index (χ0n) is 9.56. The fraction of sp³-hybridized carbons (Fsp3) is 0.0909. The SMILES string of the molecule is NCc1cc(S(=O)(=O)Nc2ccc(Br)cc2Cl)cs1. The highest BCUT2D eigenvalue weighted by molar-refractivity contribution is 9.10. The van der Waals surface area contributed by atoms with Crippen molar-refractivity contribution < 1.29 is 8.42 Å². The number of hydrogen-bond donors (Lipinski definition) is 2. The number of nitrogens with one attached hydrogen (secondary N) is 1. The standard InChI is InChI=1S/C11H10BrClN2O2S2/c12-7-1-2-11(10(13)3-7)15-19(16,17)9-4-8(5-14)18-6-9/h1-4,6,15H,5,14H2. The fourth-order valence-electron chi connectivity index (χ4n) is 1.38. The summed E-state index contributed by atoms with van der Waals surface area (Å²) in [6.45, 7) is 0.319. The third-order valence-corrected chi connectivity index (χ3v) is 5.58. The molecule has 102 valence electrons. The van der Waals surface area contributed by atoms with Crippen molar-refractivity contribution in [1.82, 2.24) is 0 Å². The summed E-state index contributed by atoms with van der Waals surface area (Å²) >= 11 is 10.5. The summed E-state index contributed by atoms with van der Waals surface area (Å²) in [5, 5.41) is 1.88. The molecule has 0 fully saturated rings. The zero-order valence-corrected chi connectivity index (χ0v) is 13.5. The molecule has 0 aliphatic heterocycles. The van der Waals surface area contributed by atoms with E-state index < -0.39 is 10.0 Å². The van der Waals surface area contributed by atoms with E-state index in [9.17, 15) is 8.42 Å². The van der Waals surface area contributed by atoms with Gasteiger partial charge in [-0.05, 0) is 24.3 Å². The Labute approximate surface area is 128 Å². The first-order valence-corrected chi connectivity index (χ1v) is 8.71. The van der Waals surface area contributed by atoms with Gasteiger partial charge in [-0.3, -0.25) is 4.72 Å². The van der Waals surface area contributed by atoms with Gasteiger partial charge in [0.15, 0.2) is 0 Å². The highest BCUT2D eigenvalue weighted by Gasteiger charge is 2.17. The van der Waals surface area contributed by atoms with Crippen LogP contribution in [-0.2, 0) is 16.6 Å². The van der Waals surface area contributed by atoms with Crippen molar-refractivity contribution in [3.8, 4) is 0 Å². The molecule has 0 aliphatic rings. The third-order valence-electron chi connectivity index (χ3n) is 2.32. The number of nitrogens with two attached hydrogens (primary N) is 1. The van der Waals surface area contributed by atoms with Crippen LogP contribution in [0.4, 0.5) is 5.69 Å². The number of benzene rings is 1. The minimum Gasteiger partial charge on any atom is -0.326 e. The Hall–Kier alpha value is -0.600. The Morgan fingerprint density at radius 2 is 2.11 bits per heavy atom. The number of thiophene rings is 1. The lowest BCUT2D eigenvalue weighted by Crippen LogP contribution is -2.12. The zero-order chi connectivity index (χ0) is 14.0. The number of sulfonamides is 1. The predicted molar refractivity (Wildman–Crippen MR) is 82.2 cm³/mol. The van der Waals surface area contributed by atoms with Gasteiger partial charge in [-0.1, -0.05) is 27.5 Å². The number of rotatable bonds is 4. The summed E-state index contributed by atoms with van der Waals surface area (Å²) in [6.07, 6.45) is 0. The molecule has 19 heavy (non-hydrogen) atoms. The maximum Gasteiger partial charge on any atom is 0.262 e. The van der Waals surface area contributed by atoms with Crippen LogP contribution in [0.3, 0.4) is 0 Å². The van der Waals surface area contributed by atoms with Crippen molar-refractivity contribution in [1.29, 1.82) is 0 Å². The molecule has 0 bridgehead atoms. The van der Waals surface area contributed by atoms with Gasteiger partial charge in [0, 0.05) is 21.3 Å². The van der Waals surface area contributed by atoms with Crippen molar-refractivity contribution in [3.63, 3.8) is 0 Å². The molecule has 0 amide bonds. The lowest BCUT2D eigenvalue weighted by molar-refractivity contribution is 0.601. The molecule has 8 heteroatoms. The molecule has 2 rings (SSSR count). The number of halogens is 2. The molecule has 1 heterocycles. The molecular weight excluding hydrogens is 372 g/mol. The molecule has 0 unspecified atom stereocenters. The molecule has 0 aliphatic carbocycles. The Balaban J connectivity index is 2.30. The Morgan fingerprint density at radius 3 is 2.68 bits per heavy atom. The van der Waals surface area contributed by atoms with E-state index in [0.717, 1.165) is 9.35 Å². The minimum absolute atomic E-state index is 0.192. The third kappa shape index (κ3) is 3.49. The van der Waals surface area contributed by atoms with Gasteiger partial charge in [0.05, 0.1) is 15.6 Å². The molecule has 1 aromatic heterocycles. The van der Waals surface area contributed by atoms with Crippen molar-refractivity contribution in [3.05, 3.63) is 44.0 Å². The second kappa shape index (κ2) is 5.80. The van der Waals surface area contributed by atoms with E-state index in [1.807, 2.05) is 0 Å². The van der Waals surface area contributed by atoms with Crippen molar-refractivity contribution in [2.45, 2.75) is 11.4 Å². The van der Waals surface area contributed by atoms with Gasteiger partial charge in [-0.2, -0.15) is 0 Å². The largest absolute Gasteiger partial charge is 0.326 e. The van der Waals surface area contributed by atoms with Crippen LogP contribution < -0.4 is 10.5 Å². The van der Waals surface area contributed by atoms with Gasteiger partial charge in [-0.15, -0.1) is 11.3 Å². The predicted octanol–water partition coefficient (Wildman–Crippen LogP) is 3.42. The summed E-state index contributed by atoms with van der Waals surface area (Å²) in [5.41, 5.74) is 5.81. The molecule has 2 aromatic rings. The average molecular weight is 382 g/mol. The molecule has 0 spiro atoms. The lowest BCUT2D eigenvalue weighted by Gasteiger charge is -2.08. The highest BCUT2D eigenvalue weighted by atomic mass is 79.9. The van der Waals surface area contributed by atoms with Crippen LogP contribution in [0, 0.1) is 0 Å². The van der Waals surface area contributed by atoms with Crippen LogP contribution in [-0.4, -0.2) is 8.42 Å². The van der Waals surface area contributed by atoms with Gasteiger partial charge < -0.3 is 5.73 Å². The maximum absolute atomic E-state index is 12.2. The van der Waals surface area contributed by atoms with E-state index in [-0.39, 0.29) is 4.90 Å². The van der Waals surface area contributed by atoms with Gasteiger partial charge in [-0.25, -0.2) is 8.42 Å². The van der Waals surface area contributed by atoms with E-state index in [4.69, 9.17) is 17.3 Å². The lowest BCUT2D eigenvalue weighted by atomic mass is 10.3. The second-order valence-electron chi connectivity index (χ2n) is 3.68. The Morgan fingerprint density at radius 1 is 1.37 bits per heavy atom. The smallest absolute Gasteiger partial charge is 0.262 e. The van der Waals surface area contributed by atoms with Crippen LogP contribution in [0.15, 0.2) is 39.0 Å². The summed E-state index contributed by atoms with van der Waals surface area (Å²) in [5.74, 6) is 0. The van der Waals surface area contributed by atoms with Crippen LogP contribution in [0.1, 0.15) is 4.88 Å². The Kier molecular flexibility index (Phi) is 4.52.